The van der Waals surface area contributed by atoms with Crippen LogP contribution in [-0.2, 0) is 4.79 Å². The average Bonchev–Trinajstić information content (AvgIpc) is 2.65. The predicted octanol–water partition coefficient (Wildman–Crippen LogP) is 2.69. The van der Waals surface area contributed by atoms with E-state index in [0.717, 1.165) is 44.3 Å². The zero-order valence-electron chi connectivity index (χ0n) is 18.4. The molecule has 0 radical (unpaired) electrons. The monoisotopic (exact) mass is 516 g/mol. The molecule has 2 rings (SSSR count). The lowest BCUT2D eigenvalue weighted by atomic mass is 9.96. The molecular weight excluding hydrogens is 479 g/mol. The van der Waals surface area contributed by atoms with E-state index in [-0.39, 0.29) is 35.3 Å². The van der Waals surface area contributed by atoms with Crippen molar-refractivity contribution < 1.29 is 4.79 Å². The van der Waals surface area contributed by atoms with Crippen molar-refractivity contribution in [3.8, 4) is 0 Å². The van der Waals surface area contributed by atoms with Gasteiger partial charge >= 0.3 is 0 Å². The highest BCUT2D eigenvalue weighted by Gasteiger charge is 2.21. The molecule has 1 aromatic heterocycles. The van der Waals surface area contributed by atoms with Crippen molar-refractivity contribution in [1.29, 1.82) is 0 Å². The molecule has 0 spiro atoms. The number of halogens is 1. The number of pyridine rings is 1. The largest absolute Gasteiger partial charge is 0.357 e. The number of hydrogen-bond acceptors (Lipinski definition) is 4. The van der Waals surface area contributed by atoms with E-state index >= 15 is 0 Å². The van der Waals surface area contributed by atoms with Gasteiger partial charge in [-0.15, -0.1) is 24.0 Å². The summed E-state index contributed by atoms with van der Waals surface area (Å²) in [5.41, 5.74) is 0.817. The Hall–Kier alpha value is -1.58. The molecule has 1 saturated heterocycles. The fraction of sp³-hybridized carbons (Fsp3) is 0.667. The lowest BCUT2D eigenvalue weighted by Crippen LogP contribution is -2.49. The maximum absolute atomic E-state index is 11.9. The van der Waals surface area contributed by atoms with Gasteiger partial charge in [-0.3, -0.25) is 9.79 Å². The molecule has 1 aliphatic rings. The summed E-state index contributed by atoms with van der Waals surface area (Å²) in [5, 5.41) is 9.77. The molecule has 29 heavy (non-hydrogen) atoms. The van der Waals surface area contributed by atoms with Crippen LogP contribution in [-0.4, -0.2) is 55.6 Å². The maximum atomic E-state index is 11.9. The molecule has 2 heterocycles. The molecule has 3 N–H and O–H groups in total. The second-order valence-corrected chi connectivity index (χ2v) is 8.37. The number of aromatic nitrogens is 1. The third-order valence-corrected chi connectivity index (χ3v) is 4.75. The molecule has 0 aromatic carbocycles. The smallest absolute Gasteiger partial charge is 0.225 e. The average molecular weight is 516 g/mol. The Morgan fingerprint density at radius 2 is 1.93 bits per heavy atom. The van der Waals surface area contributed by atoms with Gasteiger partial charge in [0.15, 0.2) is 5.96 Å². The number of piperidine rings is 1. The molecule has 1 fully saturated rings. The zero-order chi connectivity index (χ0) is 20.6. The van der Waals surface area contributed by atoms with Gasteiger partial charge in [-0.2, -0.15) is 0 Å². The summed E-state index contributed by atoms with van der Waals surface area (Å²) in [6.45, 7) is 13.7. The van der Waals surface area contributed by atoms with Gasteiger partial charge in [0.2, 0.25) is 5.91 Å². The van der Waals surface area contributed by atoms with Crippen molar-refractivity contribution in [2.24, 2.45) is 10.4 Å². The minimum absolute atomic E-state index is 0. The van der Waals surface area contributed by atoms with E-state index in [1.165, 1.54) is 5.56 Å². The number of carbonyl (C=O) groups excluding carboxylic acids is 1. The fourth-order valence-electron chi connectivity index (χ4n) is 3.02. The highest BCUT2D eigenvalue weighted by molar-refractivity contribution is 14.0. The highest BCUT2D eigenvalue weighted by Crippen LogP contribution is 2.18. The number of nitrogens with one attached hydrogen (secondary N) is 3. The summed E-state index contributed by atoms with van der Waals surface area (Å²) < 4.78 is 0. The topological polar surface area (TPSA) is 81.6 Å². The minimum Gasteiger partial charge on any atom is -0.357 e. The van der Waals surface area contributed by atoms with Crippen LogP contribution in [0.3, 0.4) is 0 Å². The van der Waals surface area contributed by atoms with Gasteiger partial charge in [0.05, 0.1) is 6.54 Å². The molecule has 0 atom stereocenters. The number of rotatable bonds is 6. The first-order chi connectivity index (χ1) is 13.3. The van der Waals surface area contributed by atoms with Crippen LogP contribution in [0.25, 0.3) is 0 Å². The van der Waals surface area contributed by atoms with E-state index in [4.69, 9.17) is 0 Å². The van der Waals surface area contributed by atoms with Crippen LogP contribution in [0.2, 0.25) is 0 Å². The standard InChI is InChI=1S/C21H36N6O.HI/c1-6-22-20(24-12-11-23-19(28)21(3,4)5)26-17-9-13-27(14-10-17)18-8-7-16(2)15-25-18;/h7-8,15,17H,6,9-14H2,1-5H3,(H,23,28)(H2,22,24,26);1H. The minimum atomic E-state index is -0.368. The van der Waals surface area contributed by atoms with E-state index in [9.17, 15) is 4.79 Å². The van der Waals surface area contributed by atoms with Crippen molar-refractivity contribution in [2.75, 3.05) is 37.6 Å². The van der Waals surface area contributed by atoms with Crippen LogP contribution in [0, 0.1) is 12.3 Å². The highest BCUT2D eigenvalue weighted by atomic mass is 127. The number of aryl methyl sites for hydroxylation is 1. The summed E-state index contributed by atoms with van der Waals surface area (Å²) in [6.07, 6.45) is 4.01. The number of anilines is 1. The third-order valence-electron chi connectivity index (χ3n) is 4.75. The molecule has 1 aromatic rings. The number of carbonyl (C=O) groups is 1. The van der Waals surface area contributed by atoms with Gasteiger partial charge in [-0.25, -0.2) is 4.98 Å². The van der Waals surface area contributed by atoms with Crippen molar-refractivity contribution in [3.05, 3.63) is 23.9 Å². The van der Waals surface area contributed by atoms with Gasteiger partial charge in [-0.1, -0.05) is 26.8 Å². The molecule has 8 heteroatoms. The lowest BCUT2D eigenvalue weighted by molar-refractivity contribution is -0.128. The van der Waals surface area contributed by atoms with Gasteiger partial charge in [0, 0.05) is 43.8 Å². The first kappa shape index (κ1) is 25.5. The lowest BCUT2D eigenvalue weighted by Gasteiger charge is -2.33. The van der Waals surface area contributed by atoms with Crippen molar-refractivity contribution in [1.82, 2.24) is 20.9 Å². The summed E-state index contributed by atoms with van der Waals surface area (Å²) in [7, 11) is 0. The zero-order valence-corrected chi connectivity index (χ0v) is 20.7. The maximum Gasteiger partial charge on any atom is 0.225 e. The molecule has 7 nitrogen and oxygen atoms in total. The van der Waals surface area contributed by atoms with Gasteiger partial charge in [0.25, 0.3) is 0 Å². The van der Waals surface area contributed by atoms with Crippen LogP contribution < -0.4 is 20.9 Å². The Balaban J connectivity index is 0.00000420. The van der Waals surface area contributed by atoms with Gasteiger partial charge in [0.1, 0.15) is 5.82 Å². The second-order valence-electron chi connectivity index (χ2n) is 8.37. The molecule has 1 amide bonds. The van der Waals surface area contributed by atoms with Crippen LogP contribution in [0.1, 0.15) is 46.1 Å². The number of hydrogen-bond donors (Lipinski definition) is 3. The molecule has 0 saturated carbocycles. The SMILES string of the molecule is CCNC(=NCCNC(=O)C(C)(C)C)NC1CCN(c2ccc(C)cn2)CC1.I. The van der Waals surface area contributed by atoms with Crippen LogP contribution >= 0.6 is 24.0 Å². The van der Waals surface area contributed by atoms with E-state index in [1.807, 2.05) is 27.0 Å². The van der Waals surface area contributed by atoms with E-state index < -0.39 is 0 Å². The summed E-state index contributed by atoms with van der Waals surface area (Å²) >= 11 is 0. The third kappa shape index (κ3) is 8.76. The fourth-order valence-corrected chi connectivity index (χ4v) is 3.02. The Labute approximate surface area is 192 Å². The van der Waals surface area contributed by atoms with Crippen LogP contribution in [0.15, 0.2) is 23.3 Å². The molecule has 164 valence electrons. The number of guanidine groups is 1. The second kappa shape index (κ2) is 12.2. The van der Waals surface area contributed by atoms with E-state index in [2.05, 4.69) is 56.8 Å². The molecule has 0 aliphatic carbocycles. The van der Waals surface area contributed by atoms with Gasteiger partial charge < -0.3 is 20.9 Å². The Morgan fingerprint density at radius 3 is 2.48 bits per heavy atom. The Morgan fingerprint density at radius 1 is 1.24 bits per heavy atom. The first-order valence-electron chi connectivity index (χ1n) is 10.3. The number of nitrogens with zero attached hydrogens (tertiary/aromatic N) is 3. The summed E-state index contributed by atoms with van der Waals surface area (Å²) in [6, 6.07) is 4.60. The van der Waals surface area contributed by atoms with Crippen molar-refractivity contribution in [3.63, 3.8) is 0 Å². The Kier molecular flexibility index (Phi) is 10.7. The number of amides is 1. The molecule has 0 bridgehead atoms. The van der Waals surface area contributed by atoms with E-state index in [1.54, 1.807) is 0 Å². The molecule has 1 aliphatic heterocycles. The Bertz CT molecular complexity index is 648. The van der Waals surface area contributed by atoms with Crippen LogP contribution in [0.5, 0.6) is 0 Å². The van der Waals surface area contributed by atoms with E-state index in [0.29, 0.717) is 19.1 Å². The summed E-state index contributed by atoms with van der Waals surface area (Å²) in [5.74, 6) is 1.93. The normalized spacial score (nSPS) is 15.5. The van der Waals surface area contributed by atoms with Crippen molar-refractivity contribution >= 4 is 41.7 Å². The van der Waals surface area contributed by atoms with Crippen LogP contribution in [0.4, 0.5) is 5.82 Å². The van der Waals surface area contributed by atoms with Crippen molar-refractivity contribution in [2.45, 2.75) is 53.5 Å². The molecular formula is C21H37IN6O. The van der Waals surface area contributed by atoms with Gasteiger partial charge in [-0.05, 0) is 38.3 Å². The number of aliphatic imine (C=N–C) groups is 1. The quantitative estimate of drug-likeness (QED) is 0.235. The predicted molar refractivity (Wildman–Crippen MR) is 131 cm³/mol. The first-order valence-corrected chi connectivity index (χ1v) is 10.3. The molecule has 0 unspecified atom stereocenters. The summed E-state index contributed by atoms with van der Waals surface area (Å²) in [4.78, 5) is 23.4.